The molecule has 1 fully saturated rings. The first-order valence-electron chi connectivity index (χ1n) is 11.9. The van der Waals surface area contributed by atoms with Crippen molar-refractivity contribution >= 4 is 0 Å². The fourth-order valence-corrected chi connectivity index (χ4v) is 3.68. The van der Waals surface area contributed by atoms with Crippen LogP contribution in [-0.2, 0) is 0 Å². The van der Waals surface area contributed by atoms with Crippen LogP contribution in [0.2, 0.25) is 0 Å². The average Bonchev–Trinajstić information content (AvgIpc) is 2.64. The molecular weight excluding hydrogens is 288 g/mol. The molecule has 0 aliphatic heterocycles. The van der Waals surface area contributed by atoms with Crippen LogP contribution in [0.25, 0.3) is 0 Å². The molecular formula is C24H50. The minimum Gasteiger partial charge on any atom is -0.0654 e. The topological polar surface area (TPSA) is 0 Å². The van der Waals surface area contributed by atoms with E-state index in [1.165, 1.54) is 141 Å². The standard InChI is InChI=1S/C18H38.C6H12/c1-3-5-7-9-11-13-15-17-18-16-14-12-10-8-6-4-2;1-2-4-6-5-3-1/h3-18H2,1-2H3;1-6H2. The molecule has 0 atom stereocenters. The van der Waals surface area contributed by atoms with Crippen LogP contribution in [0, 0.1) is 0 Å². The van der Waals surface area contributed by atoms with Crippen LogP contribution < -0.4 is 0 Å². The maximum absolute atomic E-state index is 2.29. The largest absolute Gasteiger partial charge is 0.0654 e. The molecule has 24 heavy (non-hydrogen) atoms. The molecule has 1 aliphatic carbocycles. The highest BCUT2D eigenvalue weighted by atomic mass is 14.0. The predicted octanol–water partition coefficient (Wildman–Crippen LogP) is 9.61. The van der Waals surface area contributed by atoms with E-state index in [9.17, 15) is 0 Å². The second-order valence-electron chi connectivity index (χ2n) is 8.07. The van der Waals surface area contributed by atoms with Gasteiger partial charge in [-0.1, -0.05) is 155 Å². The van der Waals surface area contributed by atoms with Crippen molar-refractivity contribution in [3.63, 3.8) is 0 Å². The Bertz CT molecular complexity index is 165. The SMILES string of the molecule is C1CCCCC1.CCCCCCCCCCCCCCCCCC. The van der Waals surface area contributed by atoms with E-state index < -0.39 is 0 Å². The maximum Gasteiger partial charge on any atom is -0.0533 e. The molecule has 0 nitrogen and oxygen atoms in total. The Morgan fingerprint density at radius 3 is 0.625 bits per heavy atom. The van der Waals surface area contributed by atoms with E-state index in [1.807, 2.05) is 0 Å². The van der Waals surface area contributed by atoms with E-state index in [0.29, 0.717) is 0 Å². The van der Waals surface area contributed by atoms with Gasteiger partial charge in [-0.15, -0.1) is 0 Å². The van der Waals surface area contributed by atoms with Gasteiger partial charge < -0.3 is 0 Å². The highest BCUT2D eigenvalue weighted by molar-refractivity contribution is 4.51. The molecule has 0 radical (unpaired) electrons. The van der Waals surface area contributed by atoms with Crippen molar-refractivity contribution in [2.45, 2.75) is 155 Å². The van der Waals surface area contributed by atoms with Gasteiger partial charge in [0.05, 0.1) is 0 Å². The van der Waals surface area contributed by atoms with E-state index in [0.717, 1.165) is 0 Å². The monoisotopic (exact) mass is 338 g/mol. The number of hydrogen-bond donors (Lipinski definition) is 0. The van der Waals surface area contributed by atoms with Crippen LogP contribution in [0.1, 0.15) is 155 Å². The van der Waals surface area contributed by atoms with Gasteiger partial charge in [0.2, 0.25) is 0 Å². The first-order valence-corrected chi connectivity index (χ1v) is 11.9. The molecule has 0 aromatic carbocycles. The van der Waals surface area contributed by atoms with E-state index >= 15 is 0 Å². The lowest BCUT2D eigenvalue weighted by molar-refractivity contribution is 0.504. The predicted molar refractivity (Wildman–Crippen MR) is 113 cm³/mol. The normalized spacial score (nSPS) is 14.2. The smallest absolute Gasteiger partial charge is 0.0533 e. The van der Waals surface area contributed by atoms with Crippen LogP contribution >= 0.6 is 0 Å². The van der Waals surface area contributed by atoms with Crippen molar-refractivity contribution in [2.24, 2.45) is 0 Å². The van der Waals surface area contributed by atoms with Crippen LogP contribution in [-0.4, -0.2) is 0 Å². The zero-order valence-corrected chi connectivity index (χ0v) is 17.6. The quantitative estimate of drug-likeness (QED) is 0.261. The van der Waals surface area contributed by atoms with Gasteiger partial charge in [0, 0.05) is 0 Å². The van der Waals surface area contributed by atoms with Gasteiger partial charge in [-0.2, -0.15) is 0 Å². The van der Waals surface area contributed by atoms with Crippen LogP contribution in [0.4, 0.5) is 0 Å². The average molecular weight is 339 g/mol. The van der Waals surface area contributed by atoms with E-state index in [-0.39, 0.29) is 0 Å². The molecule has 146 valence electrons. The molecule has 1 rings (SSSR count). The van der Waals surface area contributed by atoms with Crippen LogP contribution in [0.5, 0.6) is 0 Å². The minimum absolute atomic E-state index is 1.37. The zero-order chi connectivity index (χ0) is 17.6. The maximum atomic E-state index is 2.29. The minimum atomic E-state index is 1.37. The Morgan fingerprint density at radius 1 is 0.292 bits per heavy atom. The summed E-state index contributed by atoms with van der Waals surface area (Å²) in [7, 11) is 0. The van der Waals surface area contributed by atoms with Crippen molar-refractivity contribution in [3.05, 3.63) is 0 Å². The van der Waals surface area contributed by atoms with Gasteiger partial charge in [0.1, 0.15) is 0 Å². The zero-order valence-electron chi connectivity index (χ0n) is 17.6. The fraction of sp³-hybridized carbons (Fsp3) is 1.00. The highest BCUT2D eigenvalue weighted by Gasteiger charge is 1.95. The van der Waals surface area contributed by atoms with Crippen molar-refractivity contribution in [1.82, 2.24) is 0 Å². The summed E-state index contributed by atoms with van der Waals surface area (Å²) in [5, 5.41) is 0. The van der Waals surface area contributed by atoms with Crippen LogP contribution in [0.3, 0.4) is 0 Å². The van der Waals surface area contributed by atoms with Gasteiger partial charge in [0.15, 0.2) is 0 Å². The third-order valence-corrected chi connectivity index (χ3v) is 5.46. The highest BCUT2D eigenvalue weighted by Crippen LogP contribution is 2.15. The summed E-state index contributed by atoms with van der Waals surface area (Å²) in [5.41, 5.74) is 0. The van der Waals surface area contributed by atoms with Crippen molar-refractivity contribution < 1.29 is 0 Å². The Balaban J connectivity index is 0.000000728. The summed E-state index contributed by atoms with van der Waals surface area (Å²) in [4.78, 5) is 0. The van der Waals surface area contributed by atoms with E-state index in [4.69, 9.17) is 0 Å². The van der Waals surface area contributed by atoms with Crippen molar-refractivity contribution in [3.8, 4) is 0 Å². The van der Waals surface area contributed by atoms with E-state index in [2.05, 4.69) is 13.8 Å². The number of unbranched alkanes of at least 4 members (excludes halogenated alkanes) is 15. The van der Waals surface area contributed by atoms with Crippen LogP contribution in [0.15, 0.2) is 0 Å². The molecule has 1 saturated carbocycles. The number of rotatable bonds is 15. The Labute approximate surface area is 155 Å². The molecule has 0 heteroatoms. The Kier molecular flexibility index (Phi) is 23.0. The van der Waals surface area contributed by atoms with E-state index in [1.54, 1.807) is 0 Å². The molecule has 0 amide bonds. The summed E-state index contributed by atoms with van der Waals surface area (Å²) in [6.45, 7) is 4.59. The second-order valence-corrected chi connectivity index (χ2v) is 8.07. The van der Waals surface area contributed by atoms with Crippen molar-refractivity contribution in [2.75, 3.05) is 0 Å². The Hall–Kier alpha value is 0. The molecule has 0 aromatic heterocycles. The third-order valence-electron chi connectivity index (χ3n) is 5.46. The van der Waals surface area contributed by atoms with Gasteiger partial charge in [-0.25, -0.2) is 0 Å². The summed E-state index contributed by atoms with van der Waals surface area (Å²) in [6.07, 6.45) is 32.4. The van der Waals surface area contributed by atoms with Gasteiger partial charge in [-0.05, 0) is 0 Å². The molecule has 0 aromatic rings. The summed E-state index contributed by atoms with van der Waals surface area (Å²) >= 11 is 0. The molecule has 0 N–H and O–H groups in total. The summed E-state index contributed by atoms with van der Waals surface area (Å²) in [5.74, 6) is 0. The van der Waals surface area contributed by atoms with Crippen molar-refractivity contribution in [1.29, 1.82) is 0 Å². The second kappa shape index (κ2) is 23.0. The first-order chi connectivity index (χ1) is 11.9. The third kappa shape index (κ3) is 22.0. The van der Waals surface area contributed by atoms with Gasteiger partial charge in [-0.3, -0.25) is 0 Å². The summed E-state index contributed by atoms with van der Waals surface area (Å²) in [6, 6.07) is 0. The molecule has 0 spiro atoms. The lowest BCUT2D eigenvalue weighted by Gasteiger charge is -2.05. The molecule has 0 bridgehead atoms. The molecule has 1 aliphatic rings. The number of hydrogen-bond acceptors (Lipinski definition) is 0. The first kappa shape index (κ1) is 24.0. The molecule has 0 heterocycles. The van der Waals surface area contributed by atoms with Gasteiger partial charge in [0.25, 0.3) is 0 Å². The van der Waals surface area contributed by atoms with Gasteiger partial charge >= 0.3 is 0 Å². The Morgan fingerprint density at radius 2 is 0.458 bits per heavy atom. The molecule has 0 unspecified atom stereocenters. The summed E-state index contributed by atoms with van der Waals surface area (Å²) < 4.78 is 0. The lowest BCUT2D eigenvalue weighted by atomic mass is 10.0. The lowest BCUT2D eigenvalue weighted by Crippen LogP contribution is -1.85. The molecule has 0 saturated heterocycles. The fourth-order valence-electron chi connectivity index (χ4n) is 3.68.